The van der Waals surface area contributed by atoms with Gasteiger partial charge in [0.05, 0.1) is 0 Å². The lowest BCUT2D eigenvalue weighted by Gasteiger charge is -2.24. The Balaban J connectivity index is 2.03. The molecule has 2 rings (SSSR count). The van der Waals surface area contributed by atoms with Crippen LogP contribution >= 0.6 is 0 Å². The SMILES string of the molecule is CC(C)CCC(=O)N1CC2CCCC2C1C(=O)O. The topological polar surface area (TPSA) is 57.6 Å². The molecule has 1 saturated heterocycles. The van der Waals surface area contributed by atoms with E-state index < -0.39 is 12.0 Å². The molecular formula is C14H23NO3. The number of carbonyl (C=O) groups is 2. The first-order valence-corrected chi connectivity index (χ1v) is 7.03. The first-order valence-electron chi connectivity index (χ1n) is 7.03. The van der Waals surface area contributed by atoms with Crippen molar-refractivity contribution in [1.29, 1.82) is 0 Å². The zero-order valence-corrected chi connectivity index (χ0v) is 11.3. The summed E-state index contributed by atoms with van der Waals surface area (Å²) in [6.45, 7) is 4.83. The minimum Gasteiger partial charge on any atom is -0.480 e. The predicted molar refractivity (Wildman–Crippen MR) is 68.0 cm³/mol. The smallest absolute Gasteiger partial charge is 0.326 e. The zero-order valence-electron chi connectivity index (χ0n) is 11.3. The van der Waals surface area contributed by atoms with Crippen molar-refractivity contribution in [1.82, 2.24) is 4.90 Å². The monoisotopic (exact) mass is 253 g/mol. The van der Waals surface area contributed by atoms with Crippen molar-refractivity contribution in [2.24, 2.45) is 17.8 Å². The number of amides is 1. The maximum absolute atomic E-state index is 12.2. The van der Waals surface area contributed by atoms with Crippen LogP contribution in [0.5, 0.6) is 0 Å². The van der Waals surface area contributed by atoms with E-state index in [-0.39, 0.29) is 11.8 Å². The number of hydrogen-bond acceptors (Lipinski definition) is 2. The van der Waals surface area contributed by atoms with Crippen molar-refractivity contribution >= 4 is 11.9 Å². The molecule has 2 aliphatic rings. The summed E-state index contributed by atoms with van der Waals surface area (Å²) in [6.07, 6.45) is 4.50. The highest BCUT2D eigenvalue weighted by atomic mass is 16.4. The van der Waals surface area contributed by atoms with Gasteiger partial charge in [-0.05, 0) is 37.0 Å². The van der Waals surface area contributed by atoms with E-state index in [1.54, 1.807) is 4.90 Å². The summed E-state index contributed by atoms with van der Waals surface area (Å²) in [5.41, 5.74) is 0. The van der Waals surface area contributed by atoms with Crippen LogP contribution in [0.25, 0.3) is 0 Å². The van der Waals surface area contributed by atoms with Gasteiger partial charge in [-0.1, -0.05) is 20.3 Å². The summed E-state index contributed by atoms with van der Waals surface area (Å²) in [6, 6.07) is -0.558. The van der Waals surface area contributed by atoms with E-state index in [0.29, 0.717) is 24.8 Å². The van der Waals surface area contributed by atoms with E-state index in [4.69, 9.17) is 0 Å². The second kappa shape index (κ2) is 5.29. The Hall–Kier alpha value is -1.06. The highest BCUT2D eigenvalue weighted by Crippen LogP contribution is 2.42. The van der Waals surface area contributed by atoms with Gasteiger partial charge in [-0.15, -0.1) is 0 Å². The molecule has 1 saturated carbocycles. The molecular weight excluding hydrogens is 230 g/mol. The van der Waals surface area contributed by atoms with Crippen molar-refractivity contribution in [3.05, 3.63) is 0 Å². The van der Waals surface area contributed by atoms with Gasteiger partial charge in [-0.25, -0.2) is 4.79 Å². The van der Waals surface area contributed by atoms with Gasteiger partial charge in [-0.2, -0.15) is 0 Å². The third kappa shape index (κ3) is 2.52. The average molecular weight is 253 g/mol. The number of hydrogen-bond donors (Lipinski definition) is 1. The lowest BCUT2D eigenvalue weighted by molar-refractivity contribution is -0.149. The largest absolute Gasteiger partial charge is 0.480 e. The molecule has 4 nitrogen and oxygen atoms in total. The first kappa shape index (κ1) is 13.4. The zero-order chi connectivity index (χ0) is 13.3. The number of carboxylic acid groups (broad SMARTS) is 1. The van der Waals surface area contributed by atoms with Crippen LogP contribution in [0.2, 0.25) is 0 Å². The predicted octanol–water partition coefficient (Wildman–Crippen LogP) is 2.13. The highest BCUT2D eigenvalue weighted by Gasteiger charge is 2.49. The van der Waals surface area contributed by atoms with E-state index in [1.807, 2.05) is 0 Å². The Kier molecular flexibility index (Phi) is 3.93. The molecule has 4 heteroatoms. The fraction of sp³-hybridized carbons (Fsp3) is 0.857. The lowest BCUT2D eigenvalue weighted by atomic mass is 9.94. The summed E-state index contributed by atoms with van der Waals surface area (Å²) in [7, 11) is 0. The Morgan fingerprint density at radius 2 is 2.06 bits per heavy atom. The molecule has 0 aromatic carbocycles. The quantitative estimate of drug-likeness (QED) is 0.835. The van der Waals surface area contributed by atoms with Gasteiger partial charge in [-0.3, -0.25) is 4.79 Å². The fourth-order valence-corrected chi connectivity index (χ4v) is 3.43. The molecule has 0 aromatic rings. The molecule has 3 unspecified atom stereocenters. The third-order valence-corrected chi connectivity index (χ3v) is 4.40. The molecule has 1 N–H and O–H groups in total. The minimum atomic E-state index is -0.817. The van der Waals surface area contributed by atoms with Gasteiger partial charge < -0.3 is 10.0 Å². The van der Waals surface area contributed by atoms with Gasteiger partial charge in [0.2, 0.25) is 5.91 Å². The van der Waals surface area contributed by atoms with Crippen molar-refractivity contribution in [3.63, 3.8) is 0 Å². The van der Waals surface area contributed by atoms with Gasteiger partial charge in [0, 0.05) is 13.0 Å². The summed E-state index contributed by atoms with van der Waals surface area (Å²) >= 11 is 0. The third-order valence-electron chi connectivity index (χ3n) is 4.40. The summed E-state index contributed by atoms with van der Waals surface area (Å²) in [4.78, 5) is 25.2. The number of likely N-dealkylation sites (tertiary alicyclic amines) is 1. The molecule has 0 radical (unpaired) electrons. The second-order valence-electron chi connectivity index (χ2n) is 6.12. The van der Waals surface area contributed by atoms with Crippen LogP contribution in [0.15, 0.2) is 0 Å². The molecule has 1 aliphatic carbocycles. The molecule has 1 amide bonds. The van der Waals surface area contributed by atoms with Crippen LogP contribution in [0.1, 0.15) is 46.0 Å². The molecule has 0 aromatic heterocycles. The summed E-state index contributed by atoms with van der Waals surface area (Å²) in [5, 5.41) is 9.36. The number of rotatable bonds is 4. The standard InChI is InChI=1S/C14H23NO3/c1-9(2)6-7-12(16)15-8-10-4-3-5-11(10)13(15)14(17)18/h9-11,13H,3-8H2,1-2H3,(H,17,18). The summed E-state index contributed by atoms with van der Waals surface area (Å²) < 4.78 is 0. The van der Waals surface area contributed by atoms with Crippen LogP contribution in [0, 0.1) is 17.8 Å². The van der Waals surface area contributed by atoms with Gasteiger partial charge in [0.25, 0.3) is 0 Å². The van der Waals surface area contributed by atoms with Crippen LogP contribution in [0.3, 0.4) is 0 Å². The molecule has 0 bridgehead atoms. The summed E-state index contributed by atoms with van der Waals surface area (Å²) in [5.74, 6) is 0.326. The molecule has 3 atom stereocenters. The first-order chi connectivity index (χ1) is 8.50. The second-order valence-corrected chi connectivity index (χ2v) is 6.12. The van der Waals surface area contributed by atoms with Crippen molar-refractivity contribution in [3.8, 4) is 0 Å². The lowest BCUT2D eigenvalue weighted by Crippen LogP contribution is -2.43. The van der Waals surface area contributed by atoms with Crippen molar-refractivity contribution in [2.45, 2.75) is 52.0 Å². The average Bonchev–Trinajstić information content (AvgIpc) is 2.83. The van der Waals surface area contributed by atoms with Crippen LogP contribution in [0.4, 0.5) is 0 Å². The van der Waals surface area contributed by atoms with Gasteiger partial charge in [0.15, 0.2) is 0 Å². The van der Waals surface area contributed by atoms with Crippen LogP contribution < -0.4 is 0 Å². The molecule has 0 spiro atoms. The Labute approximate surface area is 108 Å². The molecule has 1 aliphatic heterocycles. The van der Waals surface area contributed by atoms with E-state index in [2.05, 4.69) is 13.8 Å². The number of aliphatic carboxylic acids is 1. The molecule has 18 heavy (non-hydrogen) atoms. The Morgan fingerprint density at radius 1 is 1.33 bits per heavy atom. The van der Waals surface area contributed by atoms with Crippen molar-refractivity contribution in [2.75, 3.05) is 6.54 Å². The van der Waals surface area contributed by atoms with E-state index in [9.17, 15) is 14.7 Å². The normalized spacial score (nSPS) is 30.8. The molecule has 2 fully saturated rings. The minimum absolute atomic E-state index is 0.0329. The van der Waals surface area contributed by atoms with Gasteiger partial charge >= 0.3 is 5.97 Å². The van der Waals surface area contributed by atoms with E-state index in [1.165, 1.54) is 0 Å². The molecule has 1 heterocycles. The van der Waals surface area contributed by atoms with E-state index in [0.717, 1.165) is 25.7 Å². The highest BCUT2D eigenvalue weighted by molar-refractivity contribution is 5.84. The maximum atomic E-state index is 12.2. The maximum Gasteiger partial charge on any atom is 0.326 e. The number of carbonyl (C=O) groups excluding carboxylic acids is 1. The van der Waals surface area contributed by atoms with Crippen LogP contribution in [-0.2, 0) is 9.59 Å². The van der Waals surface area contributed by atoms with Crippen molar-refractivity contribution < 1.29 is 14.7 Å². The van der Waals surface area contributed by atoms with E-state index >= 15 is 0 Å². The number of nitrogens with zero attached hydrogens (tertiary/aromatic N) is 1. The number of carboxylic acids is 1. The van der Waals surface area contributed by atoms with Gasteiger partial charge in [0.1, 0.15) is 6.04 Å². The Morgan fingerprint density at radius 3 is 2.67 bits per heavy atom. The Bertz CT molecular complexity index is 340. The fourth-order valence-electron chi connectivity index (χ4n) is 3.43. The van der Waals surface area contributed by atoms with Crippen LogP contribution in [-0.4, -0.2) is 34.5 Å². The number of fused-ring (bicyclic) bond motifs is 1. The molecule has 102 valence electrons.